The van der Waals surface area contributed by atoms with E-state index in [0.717, 1.165) is 38.7 Å². The lowest BCUT2D eigenvalue weighted by atomic mass is 9.95. The van der Waals surface area contributed by atoms with Crippen molar-refractivity contribution in [2.75, 3.05) is 6.61 Å². The number of hydrogen-bond acceptors (Lipinski definition) is 10. The molecule has 16 heteroatoms. The molecule has 2 aliphatic rings. The highest BCUT2D eigenvalue weighted by atomic mass is 31.1. The third-order valence-electron chi connectivity index (χ3n) is 6.59. The van der Waals surface area contributed by atoms with Crippen LogP contribution in [0.3, 0.4) is 0 Å². The molecule has 1 aliphatic heterocycles. The second-order valence-corrected chi connectivity index (χ2v) is 9.45. The van der Waals surface area contributed by atoms with Gasteiger partial charge in [0.25, 0.3) is 5.56 Å². The Labute approximate surface area is 274 Å². The van der Waals surface area contributed by atoms with Gasteiger partial charge in [0.05, 0.1) is 18.3 Å². The van der Waals surface area contributed by atoms with Crippen LogP contribution in [0.5, 0.6) is 0 Å². The number of rotatable bonds is 8. The number of pyridine rings is 1. The van der Waals surface area contributed by atoms with E-state index < -0.39 is 44.5 Å². The highest BCUT2D eigenvalue weighted by Crippen LogP contribution is 2.30. The van der Waals surface area contributed by atoms with E-state index in [-0.39, 0.29) is 19.6 Å². The summed E-state index contributed by atoms with van der Waals surface area (Å²) in [6.07, 6.45) is 16.2. The lowest BCUT2D eigenvalue weighted by molar-refractivity contribution is -0.0458. The molecule has 2 aromatic rings. The Balaban J connectivity index is 0.00000124. The van der Waals surface area contributed by atoms with E-state index in [4.69, 9.17) is 29.1 Å². The lowest BCUT2D eigenvalue weighted by Gasteiger charge is -2.19. The van der Waals surface area contributed by atoms with Gasteiger partial charge >= 0.3 is 14.4 Å². The number of aliphatic hydroxyl groups is 3. The maximum absolute atomic E-state index is 13.1. The van der Waals surface area contributed by atoms with Crippen LogP contribution in [0, 0.1) is 6.92 Å². The predicted octanol–water partition coefficient (Wildman–Crippen LogP) is 2.52. The maximum Gasteiger partial charge on any atom is 0.333 e. The molecule has 1 aliphatic carbocycles. The fraction of sp³-hybridized carbons (Fsp3) is 0.367. The molecule has 46 heavy (non-hydrogen) atoms. The Kier molecular flexibility index (Phi) is 23.8. The van der Waals surface area contributed by atoms with E-state index in [9.17, 15) is 19.8 Å². The monoisotopic (exact) mass is 699 g/mol. The molecule has 4 rings (SSSR count). The fourth-order valence-corrected chi connectivity index (χ4v) is 4.46. The molecule has 1 saturated heterocycles. The highest BCUT2D eigenvalue weighted by molar-refractivity contribution is 7.16. The Morgan fingerprint density at radius 1 is 1.11 bits per heavy atom. The second kappa shape index (κ2) is 25.3. The van der Waals surface area contributed by atoms with Crippen molar-refractivity contribution in [1.29, 1.82) is 0 Å². The number of allylic oxidation sites excluding steroid dienone is 9. The van der Waals surface area contributed by atoms with Crippen molar-refractivity contribution in [3.63, 3.8) is 0 Å². The molecule has 6 N–H and O–H groups in total. The van der Waals surface area contributed by atoms with Crippen molar-refractivity contribution >= 4 is 33.2 Å². The summed E-state index contributed by atoms with van der Waals surface area (Å²) in [5.41, 5.74) is 2.37. The summed E-state index contributed by atoms with van der Waals surface area (Å²) in [4.78, 5) is 50.9. The first-order valence-corrected chi connectivity index (χ1v) is 15.7. The third-order valence-corrected chi connectivity index (χ3v) is 6.59. The van der Waals surface area contributed by atoms with Gasteiger partial charge in [0, 0.05) is 25.1 Å². The molecular weight excluding hydrogens is 655 g/mol. The van der Waals surface area contributed by atoms with Crippen molar-refractivity contribution in [2.24, 2.45) is 0 Å². The molecule has 2 aromatic heterocycles. The summed E-state index contributed by atoms with van der Waals surface area (Å²) in [6, 6.07) is 3.13. The summed E-state index contributed by atoms with van der Waals surface area (Å²) in [7, 11) is 2.00. The summed E-state index contributed by atoms with van der Waals surface area (Å²) < 4.78 is 16.2. The Hall–Kier alpha value is -2.79. The SMILES string of the molecule is C=C/C=C\C=C/C.Cc1c(C2=CCCC=C2)ccnc1Cn1c(=O)ccn(C2OC(CCO)C(O)C2O)c1=O.O=PO.OP.OP. The summed E-state index contributed by atoms with van der Waals surface area (Å²) in [5, 5.41) is 29.7. The topological polar surface area (TPSA) is 205 Å². The minimum absolute atomic E-state index is 0.0411. The number of ether oxygens (including phenoxy) is 1. The normalized spacial score (nSPS) is 19.9. The first kappa shape index (κ1) is 43.2. The van der Waals surface area contributed by atoms with Crippen LogP contribution in [0.25, 0.3) is 5.57 Å². The third kappa shape index (κ3) is 13.1. The second-order valence-electron chi connectivity index (χ2n) is 9.29. The number of hydrogen-bond donors (Lipinski definition) is 6. The Morgan fingerprint density at radius 2 is 1.78 bits per heavy atom. The van der Waals surface area contributed by atoms with Gasteiger partial charge in [0.15, 0.2) is 6.23 Å². The molecule has 254 valence electrons. The van der Waals surface area contributed by atoms with Crippen LogP contribution in [0.1, 0.15) is 49.2 Å². The molecule has 1 fully saturated rings. The quantitative estimate of drug-likeness (QED) is 0.175. The summed E-state index contributed by atoms with van der Waals surface area (Å²) in [6.45, 7) is 7.13. The van der Waals surface area contributed by atoms with Gasteiger partial charge in [-0.25, -0.2) is 9.36 Å². The van der Waals surface area contributed by atoms with Crippen LogP contribution in [-0.4, -0.2) is 69.0 Å². The van der Waals surface area contributed by atoms with E-state index in [0.29, 0.717) is 5.69 Å². The van der Waals surface area contributed by atoms with Crippen LogP contribution >= 0.6 is 27.6 Å². The zero-order chi connectivity index (χ0) is 35.1. The molecular formula is C30H44N3O10P3. The molecule has 13 nitrogen and oxygen atoms in total. The molecule has 0 saturated carbocycles. The van der Waals surface area contributed by atoms with Gasteiger partial charge in [-0.05, 0) is 74.8 Å². The van der Waals surface area contributed by atoms with E-state index in [1.807, 2.05) is 44.2 Å². The summed E-state index contributed by atoms with van der Waals surface area (Å²) in [5.74, 6) is 0. The maximum atomic E-state index is 13.1. The standard InChI is InChI=1S/C23H27N3O6.C7H10.HO2P.2H3OP/c1-14-16(15-5-3-2-4-6-15)7-10-24-17(14)13-26-19(28)8-11-25(23(26)31)22-21(30)20(29)18(32-22)9-12-27;1-3-5-7-6-4-2;1-3-2;2*1-2/h3,5-8,10-11,18,20-22,27,29-30H,2,4,9,12-13H2,1H3;3-7H,1H2,2H3;(H,1,2);2*1H,2H2/b;6-4-,7-5-;;;. The van der Waals surface area contributed by atoms with Crippen molar-refractivity contribution < 1.29 is 39.3 Å². The predicted molar refractivity (Wildman–Crippen MR) is 185 cm³/mol. The van der Waals surface area contributed by atoms with Crippen LogP contribution in [0.2, 0.25) is 0 Å². The number of aromatic nitrogens is 3. The zero-order valence-electron chi connectivity index (χ0n) is 25.7. The van der Waals surface area contributed by atoms with Crippen molar-refractivity contribution in [3.8, 4) is 0 Å². The van der Waals surface area contributed by atoms with Crippen LogP contribution in [0.15, 0.2) is 89.3 Å². The molecule has 0 aromatic carbocycles. The largest absolute Gasteiger partial charge is 0.396 e. The van der Waals surface area contributed by atoms with Crippen molar-refractivity contribution in [3.05, 3.63) is 117 Å². The van der Waals surface area contributed by atoms with Gasteiger partial charge < -0.3 is 34.7 Å². The molecule has 0 spiro atoms. The average Bonchev–Trinajstić information content (AvgIpc) is 3.35. The first-order valence-electron chi connectivity index (χ1n) is 13.9. The van der Waals surface area contributed by atoms with Gasteiger partial charge in [-0.3, -0.25) is 18.9 Å². The number of nitrogens with zero attached hydrogens (tertiary/aromatic N) is 3. The van der Waals surface area contributed by atoms with Crippen LogP contribution in [0.4, 0.5) is 0 Å². The molecule has 6 atom stereocenters. The van der Waals surface area contributed by atoms with Gasteiger partial charge in [0.1, 0.15) is 12.2 Å². The van der Waals surface area contributed by atoms with Gasteiger partial charge in [-0.15, -0.1) is 0 Å². The van der Waals surface area contributed by atoms with E-state index >= 15 is 0 Å². The van der Waals surface area contributed by atoms with E-state index in [1.165, 1.54) is 31.2 Å². The minimum Gasteiger partial charge on any atom is -0.396 e. The average molecular weight is 700 g/mol. The zero-order valence-corrected chi connectivity index (χ0v) is 28.9. The number of aliphatic hydroxyl groups excluding tert-OH is 3. The van der Waals surface area contributed by atoms with E-state index in [1.54, 1.807) is 12.3 Å². The molecule has 0 bridgehead atoms. The molecule has 3 heterocycles. The Bertz CT molecular complexity index is 1440. The smallest absolute Gasteiger partial charge is 0.333 e. The van der Waals surface area contributed by atoms with Gasteiger partial charge in [-0.2, -0.15) is 0 Å². The first-order chi connectivity index (χ1) is 22.2. The van der Waals surface area contributed by atoms with E-state index in [2.05, 4.69) is 29.8 Å². The molecule has 0 amide bonds. The highest BCUT2D eigenvalue weighted by Gasteiger charge is 2.43. The lowest BCUT2D eigenvalue weighted by Crippen LogP contribution is -2.43. The Morgan fingerprint density at radius 3 is 2.35 bits per heavy atom. The van der Waals surface area contributed by atoms with Gasteiger partial charge in [0.2, 0.25) is 0 Å². The molecule has 6 unspecified atom stereocenters. The van der Waals surface area contributed by atoms with Crippen molar-refractivity contribution in [2.45, 2.75) is 64.2 Å². The van der Waals surface area contributed by atoms with Crippen molar-refractivity contribution in [1.82, 2.24) is 14.1 Å². The summed E-state index contributed by atoms with van der Waals surface area (Å²) >= 11 is 0. The van der Waals surface area contributed by atoms with Crippen LogP contribution in [-0.2, 0) is 15.8 Å². The molecule has 0 radical (unpaired) electrons. The minimum atomic E-state index is -1.37. The fourth-order valence-electron chi connectivity index (χ4n) is 4.46. The van der Waals surface area contributed by atoms with Crippen LogP contribution < -0.4 is 11.2 Å². The van der Waals surface area contributed by atoms with Gasteiger partial charge in [-0.1, -0.05) is 55.2 Å².